The fourth-order valence-corrected chi connectivity index (χ4v) is 2.00. The minimum absolute atomic E-state index is 0.147. The molecule has 0 spiro atoms. The highest BCUT2D eigenvalue weighted by Crippen LogP contribution is 2.32. The van der Waals surface area contributed by atoms with Crippen molar-refractivity contribution in [3.05, 3.63) is 0 Å². The number of unbranched alkanes of at least 4 members (excludes halogenated alkanes) is 1. The molecule has 100 valence electrons. The summed E-state index contributed by atoms with van der Waals surface area (Å²) in [6, 6.07) is 0. The highest BCUT2D eigenvalue weighted by molar-refractivity contribution is 5.73. The molecule has 0 amide bonds. The molecule has 0 aromatic carbocycles. The number of carboxylic acid groups (broad SMARTS) is 1. The second-order valence-electron chi connectivity index (χ2n) is 5.20. The molecule has 0 aliphatic heterocycles. The van der Waals surface area contributed by atoms with Crippen LogP contribution in [0.1, 0.15) is 65.7 Å². The number of aliphatic carboxylic acids is 1. The molecule has 1 unspecified atom stereocenters. The molecule has 0 aliphatic carbocycles. The highest BCUT2D eigenvalue weighted by Gasteiger charge is 2.20. The molecule has 0 radical (unpaired) electrons. The smallest absolute Gasteiger partial charge is 0.306 e. The quantitative estimate of drug-likeness (QED) is 0.470. The first-order chi connectivity index (χ1) is 7.99. The Balaban J connectivity index is 3.89. The summed E-state index contributed by atoms with van der Waals surface area (Å²) >= 11 is 0. The summed E-state index contributed by atoms with van der Waals surface area (Å²) < 4.78 is 0. The zero-order valence-corrected chi connectivity index (χ0v) is 11.4. The van der Waals surface area contributed by atoms with Gasteiger partial charge < -0.3 is 9.90 Å². The van der Waals surface area contributed by atoms with E-state index in [1.807, 2.05) is 0 Å². The van der Waals surface area contributed by atoms with Crippen LogP contribution in [0.15, 0.2) is 0 Å². The number of hydrogen-bond acceptors (Lipinski definition) is 2. The van der Waals surface area contributed by atoms with Crippen LogP contribution in [0.25, 0.3) is 0 Å². The van der Waals surface area contributed by atoms with Crippen LogP contribution in [0.2, 0.25) is 0 Å². The Morgan fingerprint density at radius 1 is 1.29 bits per heavy atom. The van der Waals surface area contributed by atoms with Gasteiger partial charge in [-0.2, -0.15) is 0 Å². The Bertz CT molecular complexity index is 232. The van der Waals surface area contributed by atoms with Crippen molar-refractivity contribution in [3.8, 4) is 0 Å². The van der Waals surface area contributed by atoms with Crippen LogP contribution in [0.4, 0.5) is 0 Å². The summed E-state index contributed by atoms with van der Waals surface area (Å²) in [4.78, 5) is 21.2. The number of carbonyl (C=O) groups excluding carboxylic acids is 1. The second-order valence-corrected chi connectivity index (χ2v) is 5.20. The first kappa shape index (κ1) is 16.1. The number of carbonyl (C=O) groups is 2. The Morgan fingerprint density at radius 2 is 1.88 bits per heavy atom. The largest absolute Gasteiger partial charge is 0.481 e. The molecule has 0 saturated carbocycles. The zero-order valence-electron chi connectivity index (χ0n) is 11.4. The third kappa shape index (κ3) is 6.44. The summed E-state index contributed by atoms with van der Waals surface area (Å²) in [7, 11) is 0. The Kier molecular flexibility index (Phi) is 7.85. The number of carboxylic acids is 1. The first-order valence-electron chi connectivity index (χ1n) is 6.65. The summed E-state index contributed by atoms with van der Waals surface area (Å²) in [6.07, 6.45) is 6.92. The van der Waals surface area contributed by atoms with E-state index >= 15 is 0 Å². The van der Waals surface area contributed by atoms with Crippen LogP contribution in [0.3, 0.4) is 0 Å². The van der Waals surface area contributed by atoms with E-state index in [9.17, 15) is 9.59 Å². The minimum atomic E-state index is -0.842. The lowest BCUT2D eigenvalue weighted by Gasteiger charge is -2.26. The maximum Gasteiger partial charge on any atom is 0.306 e. The van der Waals surface area contributed by atoms with Crippen LogP contribution in [0, 0.1) is 11.3 Å². The predicted molar refractivity (Wildman–Crippen MR) is 69.0 cm³/mol. The van der Waals surface area contributed by atoms with E-state index in [2.05, 4.69) is 20.8 Å². The van der Waals surface area contributed by atoms with Gasteiger partial charge in [-0.25, -0.2) is 0 Å². The Morgan fingerprint density at radius 3 is 2.29 bits per heavy atom. The molecule has 0 fully saturated rings. The average molecular weight is 242 g/mol. The number of aldehydes is 1. The van der Waals surface area contributed by atoms with Crippen LogP contribution in [-0.4, -0.2) is 17.4 Å². The van der Waals surface area contributed by atoms with Gasteiger partial charge >= 0.3 is 5.97 Å². The molecule has 0 heterocycles. The van der Waals surface area contributed by atoms with E-state index < -0.39 is 11.9 Å². The first-order valence-corrected chi connectivity index (χ1v) is 6.65. The molecule has 1 atom stereocenters. The fourth-order valence-electron chi connectivity index (χ4n) is 2.00. The van der Waals surface area contributed by atoms with Crippen molar-refractivity contribution in [2.24, 2.45) is 11.3 Å². The maximum absolute atomic E-state index is 10.8. The van der Waals surface area contributed by atoms with Gasteiger partial charge in [-0.1, -0.05) is 46.5 Å². The van der Waals surface area contributed by atoms with Crippen LogP contribution in [-0.2, 0) is 9.59 Å². The zero-order chi connectivity index (χ0) is 13.3. The Labute approximate surface area is 105 Å². The SMILES string of the molecule is CCC(C)(CC)CCCCC(CC=O)C(=O)O. The predicted octanol–water partition coefficient (Wildman–Crippen LogP) is 3.66. The van der Waals surface area contributed by atoms with Gasteiger partial charge in [0.25, 0.3) is 0 Å². The summed E-state index contributed by atoms with van der Waals surface area (Å²) in [6.45, 7) is 6.69. The van der Waals surface area contributed by atoms with Gasteiger partial charge in [0, 0.05) is 6.42 Å². The highest BCUT2D eigenvalue weighted by atomic mass is 16.4. The van der Waals surface area contributed by atoms with E-state index in [-0.39, 0.29) is 6.42 Å². The third-order valence-electron chi connectivity index (χ3n) is 4.02. The van der Waals surface area contributed by atoms with Crippen molar-refractivity contribution < 1.29 is 14.7 Å². The molecule has 0 saturated heterocycles. The number of rotatable bonds is 10. The molecule has 0 aromatic heterocycles. The van der Waals surface area contributed by atoms with Gasteiger partial charge in [0.2, 0.25) is 0 Å². The van der Waals surface area contributed by atoms with E-state index in [0.717, 1.165) is 19.3 Å². The molecule has 3 heteroatoms. The lowest BCUT2D eigenvalue weighted by atomic mass is 9.79. The van der Waals surface area contributed by atoms with E-state index in [1.54, 1.807) is 0 Å². The summed E-state index contributed by atoms with van der Waals surface area (Å²) in [5, 5.41) is 8.90. The van der Waals surface area contributed by atoms with Gasteiger partial charge in [0.05, 0.1) is 5.92 Å². The molecule has 17 heavy (non-hydrogen) atoms. The van der Waals surface area contributed by atoms with E-state index in [4.69, 9.17) is 5.11 Å². The average Bonchev–Trinajstić information content (AvgIpc) is 2.32. The van der Waals surface area contributed by atoms with Crippen molar-refractivity contribution in [3.63, 3.8) is 0 Å². The van der Waals surface area contributed by atoms with Crippen LogP contribution in [0.5, 0.6) is 0 Å². The lowest BCUT2D eigenvalue weighted by Crippen LogP contribution is -2.16. The molecular weight excluding hydrogens is 216 g/mol. The summed E-state index contributed by atoms with van der Waals surface area (Å²) in [5.41, 5.74) is 0.392. The van der Waals surface area contributed by atoms with Gasteiger partial charge in [-0.15, -0.1) is 0 Å². The van der Waals surface area contributed by atoms with Gasteiger partial charge in [0.1, 0.15) is 6.29 Å². The molecule has 3 nitrogen and oxygen atoms in total. The lowest BCUT2D eigenvalue weighted by molar-refractivity contribution is -0.143. The second kappa shape index (κ2) is 8.26. The van der Waals surface area contributed by atoms with E-state index in [0.29, 0.717) is 18.1 Å². The van der Waals surface area contributed by atoms with Crippen molar-refractivity contribution in [1.29, 1.82) is 0 Å². The Hall–Kier alpha value is -0.860. The van der Waals surface area contributed by atoms with Gasteiger partial charge in [-0.05, 0) is 18.3 Å². The van der Waals surface area contributed by atoms with Crippen molar-refractivity contribution >= 4 is 12.3 Å². The maximum atomic E-state index is 10.8. The van der Waals surface area contributed by atoms with Gasteiger partial charge in [0.15, 0.2) is 0 Å². The monoisotopic (exact) mass is 242 g/mol. The van der Waals surface area contributed by atoms with Crippen molar-refractivity contribution in [2.45, 2.75) is 65.7 Å². The minimum Gasteiger partial charge on any atom is -0.481 e. The molecule has 0 aliphatic rings. The van der Waals surface area contributed by atoms with Gasteiger partial charge in [-0.3, -0.25) is 4.79 Å². The normalized spacial score (nSPS) is 13.4. The molecule has 0 bridgehead atoms. The van der Waals surface area contributed by atoms with Crippen molar-refractivity contribution in [2.75, 3.05) is 0 Å². The van der Waals surface area contributed by atoms with Crippen molar-refractivity contribution in [1.82, 2.24) is 0 Å². The molecule has 0 rings (SSSR count). The molecular formula is C14H26O3. The molecule has 0 aromatic rings. The standard InChI is InChI=1S/C14H26O3/c1-4-14(3,5-2)10-7-6-8-12(9-11-15)13(16)17/h11-12H,4-10H2,1-3H3,(H,16,17). The summed E-state index contributed by atoms with van der Waals surface area (Å²) in [5.74, 6) is -1.33. The third-order valence-corrected chi connectivity index (χ3v) is 4.02. The van der Waals surface area contributed by atoms with Crippen LogP contribution < -0.4 is 0 Å². The van der Waals surface area contributed by atoms with Crippen LogP contribution >= 0.6 is 0 Å². The molecule has 1 N–H and O–H groups in total. The fraction of sp³-hybridized carbons (Fsp3) is 0.857. The van der Waals surface area contributed by atoms with E-state index in [1.165, 1.54) is 12.8 Å². The topological polar surface area (TPSA) is 54.4 Å². The number of hydrogen-bond donors (Lipinski definition) is 1.